The quantitative estimate of drug-likeness (QED) is 0.871. The first kappa shape index (κ1) is 17.9. The van der Waals surface area contributed by atoms with E-state index < -0.39 is 0 Å². The van der Waals surface area contributed by atoms with Crippen LogP contribution < -0.4 is 15.1 Å². The first-order valence-electron chi connectivity index (χ1n) is 9.99. The zero-order valence-electron chi connectivity index (χ0n) is 15.4. The van der Waals surface area contributed by atoms with Gasteiger partial charge in [-0.25, -0.2) is 9.97 Å². The average molecular weight is 376 g/mol. The highest BCUT2D eigenvalue weighted by Crippen LogP contribution is 2.26. The predicted octanol–water partition coefficient (Wildman–Crippen LogP) is 2.30. The third-order valence-electron chi connectivity index (χ3n) is 5.86. The first-order chi connectivity index (χ1) is 12.8. The van der Waals surface area contributed by atoms with Crippen LogP contribution in [0.1, 0.15) is 38.5 Å². The second-order valence-corrected chi connectivity index (χ2v) is 8.81. The monoisotopic (exact) mass is 375 g/mol. The third-order valence-corrected chi connectivity index (χ3v) is 6.81. The molecular formula is C19H29N5OS. The van der Waals surface area contributed by atoms with Gasteiger partial charge in [0.05, 0.1) is 0 Å². The Morgan fingerprint density at radius 1 is 0.962 bits per heavy atom. The maximum absolute atomic E-state index is 12.5. The summed E-state index contributed by atoms with van der Waals surface area (Å²) in [6.45, 7) is 3.92. The summed E-state index contributed by atoms with van der Waals surface area (Å²) in [7, 11) is 0. The molecule has 2 saturated heterocycles. The molecule has 1 aromatic rings. The topological polar surface area (TPSA) is 61.4 Å². The van der Waals surface area contributed by atoms with Crippen LogP contribution in [0.15, 0.2) is 12.4 Å². The molecule has 0 aromatic carbocycles. The Morgan fingerprint density at radius 2 is 1.58 bits per heavy atom. The number of hydrogen-bond donors (Lipinski definition) is 1. The lowest BCUT2D eigenvalue weighted by molar-refractivity contribution is -0.126. The summed E-state index contributed by atoms with van der Waals surface area (Å²) < 4.78 is 0. The van der Waals surface area contributed by atoms with Gasteiger partial charge < -0.3 is 15.1 Å². The second-order valence-electron chi connectivity index (χ2n) is 7.59. The van der Waals surface area contributed by atoms with Crippen molar-refractivity contribution in [2.45, 2.75) is 44.6 Å². The number of rotatable bonds is 4. The first-order valence-corrected chi connectivity index (χ1v) is 11.1. The van der Waals surface area contributed by atoms with E-state index in [9.17, 15) is 4.79 Å². The van der Waals surface area contributed by atoms with Gasteiger partial charge in [0.25, 0.3) is 0 Å². The molecule has 142 valence electrons. The maximum atomic E-state index is 12.5. The Labute approximate surface area is 160 Å². The highest BCUT2D eigenvalue weighted by atomic mass is 32.2. The molecule has 1 aliphatic carbocycles. The van der Waals surface area contributed by atoms with Crippen LogP contribution in [-0.4, -0.2) is 59.6 Å². The molecule has 1 aromatic heterocycles. The lowest BCUT2D eigenvalue weighted by Gasteiger charge is -2.33. The summed E-state index contributed by atoms with van der Waals surface area (Å²) in [5.41, 5.74) is 0. The minimum Gasteiger partial charge on any atom is -0.356 e. The molecule has 2 aliphatic heterocycles. The number of piperidine rings is 1. The summed E-state index contributed by atoms with van der Waals surface area (Å²) in [5.74, 6) is 4.80. The van der Waals surface area contributed by atoms with Crippen molar-refractivity contribution in [2.75, 3.05) is 47.5 Å². The van der Waals surface area contributed by atoms with Gasteiger partial charge >= 0.3 is 0 Å². The Bertz CT molecular complexity index is 608. The summed E-state index contributed by atoms with van der Waals surface area (Å²) >= 11 is 2.01. The number of nitrogens with zero attached hydrogens (tertiary/aromatic N) is 4. The summed E-state index contributed by atoms with van der Waals surface area (Å²) in [6, 6.07) is 2.54. The van der Waals surface area contributed by atoms with Crippen LogP contribution in [-0.2, 0) is 4.79 Å². The van der Waals surface area contributed by atoms with Crippen LogP contribution >= 0.6 is 11.8 Å². The van der Waals surface area contributed by atoms with E-state index in [4.69, 9.17) is 0 Å². The lowest BCUT2D eigenvalue weighted by Crippen LogP contribution is -2.43. The summed E-state index contributed by atoms with van der Waals surface area (Å²) in [4.78, 5) is 26.1. The number of amides is 1. The van der Waals surface area contributed by atoms with E-state index in [-0.39, 0.29) is 11.8 Å². The molecule has 1 saturated carbocycles. The smallest absolute Gasteiger partial charge is 0.223 e. The minimum absolute atomic E-state index is 0.160. The van der Waals surface area contributed by atoms with Crippen molar-refractivity contribution in [2.24, 2.45) is 5.92 Å². The molecule has 0 unspecified atom stereocenters. The molecule has 6 nitrogen and oxygen atoms in total. The van der Waals surface area contributed by atoms with E-state index >= 15 is 0 Å². The number of anilines is 2. The fraction of sp³-hybridized carbons (Fsp3) is 0.737. The molecule has 0 radical (unpaired) electrons. The van der Waals surface area contributed by atoms with E-state index in [1.54, 1.807) is 6.33 Å². The van der Waals surface area contributed by atoms with Gasteiger partial charge in [-0.05, 0) is 25.7 Å². The zero-order valence-corrected chi connectivity index (χ0v) is 16.2. The Hall–Kier alpha value is -1.50. The van der Waals surface area contributed by atoms with Crippen molar-refractivity contribution in [1.29, 1.82) is 0 Å². The van der Waals surface area contributed by atoms with Gasteiger partial charge in [-0.15, -0.1) is 0 Å². The van der Waals surface area contributed by atoms with Gasteiger partial charge in [-0.2, -0.15) is 11.8 Å². The molecule has 26 heavy (non-hydrogen) atoms. The van der Waals surface area contributed by atoms with Crippen molar-refractivity contribution >= 4 is 29.3 Å². The Morgan fingerprint density at radius 3 is 2.23 bits per heavy atom. The fourth-order valence-electron chi connectivity index (χ4n) is 4.24. The van der Waals surface area contributed by atoms with E-state index in [1.165, 1.54) is 24.3 Å². The number of thioether (sulfide) groups is 1. The third kappa shape index (κ3) is 4.24. The van der Waals surface area contributed by atoms with E-state index in [0.29, 0.717) is 6.04 Å². The molecule has 0 spiro atoms. The van der Waals surface area contributed by atoms with E-state index in [0.717, 1.165) is 63.5 Å². The Balaban J connectivity index is 1.32. The highest BCUT2D eigenvalue weighted by molar-refractivity contribution is 7.99. The lowest BCUT2D eigenvalue weighted by atomic mass is 9.95. The molecule has 3 heterocycles. The number of carbonyl (C=O) groups excluding carboxylic acids is 1. The van der Waals surface area contributed by atoms with Gasteiger partial charge in [-0.3, -0.25) is 4.79 Å². The summed E-state index contributed by atoms with van der Waals surface area (Å²) in [6.07, 6.45) is 8.35. The predicted molar refractivity (Wildman–Crippen MR) is 107 cm³/mol. The Kier molecular flexibility index (Phi) is 5.82. The van der Waals surface area contributed by atoms with Gasteiger partial charge in [0.1, 0.15) is 18.0 Å². The molecular weight excluding hydrogens is 346 g/mol. The largest absolute Gasteiger partial charge is 0.356 e. The average Bonchev–Trinajstić information content (AvgIpc) is 3.22. The van der Waals surface area contributed by atoms with Gasteiger partial charge in [0, 0.05) is 55.7 Å². The van der Waals surface area contributed by atoms with Crippen LogP contribution in [0.4, 0.5) is 11.6 Å². The van der Waals surface area contributed by atoms with Crippen LogP contribution in [0, 0.1) is 5.92 Å². The van der Waals surface area contributed by atoms with Crippen LogP contribution in [0.5, 0.6) is 0 Å². The SMILES string of the molecule is O=C(NC1CCCC1)C1CCN(c2cc(N3CCSCC3)ncn2)CC1. The van der Waals surface area contributed by atoms with Crippen molar-refractivity contribution in [3.05, 3.63) is 12.4 Å². The number of nitrogens with one attached hydrogen (secondary N) is 1. The van der Waals surface area contributed by atoms with E-state index in [1.807, 2.05) is 11.8 Å². The highest BCUT2D eigenvalue weighted by Gasteiger charge is 2.28. The normalized spacial score (nSPS) is 22.6. The van der Waals surface area contributed by atoms with Gasteiger partial charge in [-0.1, -0.05) is 12.8 Å². The van der Waals surface area contributed by atoms with Gasteiger partial charge in [0.2, 0.25) is 5.91 Å². The van der Waals surface area contributed by atoms with Crippen molar-refractivity contribution in [1.82, 2.24) is 15.3 Å². The molecule has 7 heteroatoms. The maximum Gasteiger partial charge on any atom is 0.223 e. The molecule has 3 aliphatic rings. The molecule has 1 N–H and O–H groups in total. The van der Waals surface area contributed by atoms with Crippen molar-refractivity contribution in [3.8, 4) is 0 Å². The number of aromatic nitrogens is 2. The number of hydrogen-bond acceptors (Lipinski definition) is 6. The second kappa shape index (κ2) is 8.46. The molecule has 0 bridgehead atoms. The standard InChI is InChI=1S/C19H29N5OS/c25-19(22-16-3-1-2-4-16)15-5-7-23(8-6-15)17-13-18(21-14-20-17)24-9-11-26-12-10-24/h13-16H,1-12H2,(H,22,25). The fourth-order valence-corrected chi connectivity index (χ4v) is 5.14. The van der Waals surface area contributed by atoms with Gasteiger partial charge in [0.15, 0.2) is 0 Å². The summed E-state index contributed by atoms with van der Waals surface area (Å²) in [5, 5.41) is 3.26. The molecule has 4 rings (SSSR count). The molecule has 1 amide bonds. The molecule has 3 fully saturated rings. The molecule has 0 atom stereocenters. The zero-order chi connectivity index (χ0) is 17.8. The van der Waals surface area contributed by atoms with Crippen LogP contribution in [0.25, 0.3) is 0 Å². The van der Waals surface area contributed by atoms with Crippen LogP contribution in [0.2, 0.25) is 0 Å². The van der Waals surface area contributed by atoms with Crippen LogP contribution in [0.3, 0.4) is 0 Å². The number of carbonyl (C=O) groups is 1. The van der Waals surface area contributed by atoms with E-state index in [2.05, 4.69) is 31.2 Å². The van der Waals surface area contributed by atoms with Crippen molar-refractivity contribution < 1.29 is 4.79 Å². The minimum atomic E-state index is 0.160. The van der Waals surface area contributed by atoms with Crippen molar-refractivity contribution in [3.63, 3.8) is 0 Å².